The molecule has 2 nitrogen and oxygen atoms in total. The van der Waals surface area contributed by atoms with E-state index in [4.69, 9.17) is 4.74 Å². The van der Waals surface area contributed by atoms with E-state index in [1.54, 1.807) is 23.5 Å². The molecule has 0 aliphatic heterocycles. The van der Waals surface area contributed by atoms with Gasteiger partial charge in [0.1, 0.15) is 0 Å². The average molecular weight is 316 g/mol. The van der Waals surface area contributed by atoms with Gasteiger partial charge < -0.3 is 10.1 Å². The van der Waals surface area contributed by atoms with Crippen molar-refractivity contribution in [2.75, 3.05) is 12.4 Å². The van der Waals surface area contributed by atoms with Crippen molar-refractivity contribution in [3.63, 3.8) is 0 Å². The lowest BCUT2D eigenvalue weighted by Crippen LogP contribution is -1.99. The van der Waals surface area contributed by atoms with Crippen molar-refractivity contribution in [1.82, 2.24) is 0 Å². The molecule has 17 heavy (non-hydrogen) atoms. The Morgan fingerprint density at radius 1 is 1.41 bits per heavy atom. The Balaban J connectivity index is 2.02. The predicted octanol–water partition coefficient (Wildman–Crippen LogP) is 4.27. The van der Waals surface area contributed by atoms with Gasteiger partial charge in [-0.1, -0.05) is 0 Å². The van der Waals surface area contributed by atoms with Gasteiger partial charge in [0.05, 0.1) is 10.9 Å². The highest BCUT2D eigenvalue weighted by atomic mass is 79.9. The topological polar surface area (TPSA) is 21.3 Å². The van der Waals surface area contributed by atoms with Crippen molar-refractivity contribution >= 4 is 33.0 Å². The lowest BCUT2D eigenvalue weighted by molar-refractivity contribution is 0.386. The molecule has 0 saturated carbocycles. The first-order chi connectivity index (χ1) is 8.19. The summed E-state index contributed by atoms with van der Waals surface area (Å²) in [5.74, 6) is -0.0992. The van der Waals surface area contributed by atoms with Crippen LogP contribution in [0.2, 0.25) is 0 Å². The van der Waals surface area contributed by atoms with E-state index in [1.807, 2.05) is 6.07 Å². The summed E-state index contributed by atoms with van der Waals surface area (Å²) >= 11 is 5.03. The molecule has 0 radical (unpaired) electrons. The fourth-order valence-electron chi connectivity index (χ4n) is 1.42. The SMILES string of the molecule is COc1ccc(NCc2csc(Br)c2)cc1F. The standard InChI is InChI=1S/C12H11BrFNOS/c1-16-11-3-2-9(5-10(11)14)15-6-8-4-12(13)17-7-8/h2-5,7,15H,6H2,1H3. The van der Waals surface area contributed by atoms with Crippen LogP contribution in [0.25, 0.3) is 0 Å². The largest absolute Gasteiger partial charge is 0.494 e. The Kier molecular flexibility index (Phi) is 4.02. The summed E-state index contributed by atoms with van der Waals surface area (Å²) in [6.45, 7) is 0.674. The van der Waals surface area contributed by atoms with Gasteiger partial charge in [0, 0.05) is 18.3 Å². The molecule has 0 amide bonds. The summed E-state index contributed by atoms with van der Waals surface area (Å²) in [5.41, 5.74) is 1.91. The number of hydrogen-bond donors (Lipinski definition) is 1. The minimum atomic E-state index is -0.357. The van der Waals surface area contributed by atoms with Crippen molar-refractivity contribution in [3.8, 4) is 5.75 Å². The lowest BCUT2D eigenvalue weighted by Gasteiger charge is -2.07. The molecule has 0 fully saturated rings. The first kappa shape index (κ1) is 12.4. The van der Waals surface area contributed by atoms with Crippen molar-refractivity contribution in [1.29, 1.82) is 0 Å². The van der Waals surface area contributed by atoms with Gasteiger partial charge in [-0.2, -0.15) is 0 Å². The van der Waals surface area contributed by atoms with Crippen LogP contribution in [0.3, 0.4) is 0 Å². The molecule has 1 aromatic carbocycles. The third-order valence-electron chi connectivity index (χ3n) is 2.27. The molecule has 90 valence electrons. The van der Waals surface area contributed by atoms with Crippen LogP contribution in [-0.2, 0) is 6.54 Å². The second kappa shape index (κ2) is 5.51. The Labute approximate surface area is 112 Å². The van der Waals surface area contributed by atoms with Crippen molar-refractivity contribution in [2.45, 2.75) is 6.54 Å². The highest BCUT2D eigenvalue weighted by Crippen LogP contribution is 2.23. The zero-order valence-electron chi connectivity index (χ0n) is 9.17. The summed E-state index contributed by atoms with van der Waals surface area (Å²) in [5, 5.41) is 5.21. The summed E-state index contributed by atoms with van der Waals surface area (Å²) < 4.78 is 19.4. The van der Waals surface area contributed by atoms with E-state index in [1.165, 1.54) is 13.2 Å². The van der Waals surface area contributed by atoms with Crippen LogP contribution in [-0.4, -0.2) is 7.11 Å². The zero-order chi connectivity index (χ0) is 12.3. The van der Waals surface area contributed by atoms with Crippen LogP contribution in [0.15, 0.2) is 33.4 Å². The van der Waals surface area contributed by atoms with Gasteiger partial charge >= 0.3 is 0 Å². The Morgan fingerprint density at radius 3 is 2.82 bits per heavy atom. The van der Waals surface area contributed by atoms with Crippen LogP contribution in [0.4, 0.5) is 10.1 Å². The van der Waals surface area contributed by atoms with Crippen LogP contribution in [0, 0.1) is 5.82 Å². The monoisotopic (exact) mass is 315 g/mol. The third-order valence-corrected chi connectivity index (χ3v) is 3.82. The molecular formula is C12H11BrFNOS. The highest BCUT2D eigenvalue weighted by Gasteiger charge is 2.03. The maximum absolute atomic E-state index is 13.4. The van der Waals surface area contributed by atoms with Crippen LogP contribution in [0.5, 0.6) is 5.75 Å². The van der Waals surface area contributed by atoms with Gasteiger partial charge in [0.15, 0.2) is 11.6 Å². The minimum Gasteiger partial charge on any atom is -0.494 e. The van der Waals surface area contributed by atoms with Gasteiger partial charge in [-0.25, -0.2) is 4.39 Å². The fourth-order valence-corrected chi connectivity index (χ4v) is 2.63. The molecule has 0 bridgehead atoms. The third kappa shape index (κ3) is 3.20. The van der Waals surface area contributed by atoms with Crippen LogP contribution in [0.1, 0.15) is 5.56 Å². The molecule has 0 saturated heterocycles. The summed E-state index contributed by atoms with van der Waals surface area (Å²) in [6, 6.07) is 6.88. The highest BCUT2D eigenvalue weighted by molar-refractivity contribution is 9.11. The normalized spacial score (nSPS) is 10.3. The number of thiophene rings is 1. The van der Waals surface area contributed by atoms with E-state index in [0.717, 1.165) is 15.0 Å². The van der Waals surface area contributed by atoms with E-state index >= 15 is 0 Å². The summed E-state index contributed by atoms with van der Waals surface area (Å²) in [7, 11) is 1.45. The Morgan fingerprint density at radius 2 is 2.24 bits per heavy atom. The van der Waals surface area contributed by atoms with E-state index in [-0.39, 0.29) is 11.6 Å². The number of methoxy groups -OCH3 is 1. The lowest BCUT2D eigenvalue weighted by atomic mass is 10.2. The van der Waals surface area contributed by atoms with Crippen LogP contribution < -0.4 is 10.1 Å². The smallest absolute Gasteiger partial charge is 0.167 e. The number of ether oxygens (including phenoxy) is 1. The fraction of sp³-hybridized carbons (Fsp3) is 0.167. The van der Waals surface area contributed by atoms with E-state index < -0.39 is 0 Å². The van der Waals surface area contributed by atoms with Gasteiger partial charge in [0.2, 0.25) is 0 Å². The van der Waals surface area contributed by atoms with Crippen LogP contribution >= 0.6 is 27.3 Å². The molecule has 1 aromatic heterocycles. The molecule has 2 rings (SSSR count). The van der Waals surface area contributed by atoms with E-state index in [9.17, 15) is 4.39 Å². The molecule has 0 unspecified atom stereocenters. The van der Waals surface area contributed by atoms with Crippen molar-refractivity contribution < 1.29 is 9.13 Å². The Bertz CT molecular complexity index is 515. The number of nitrogens with one attached hydrogen (secondary N) is 1. The first-order valence-electron chi connectivity index (χ1n) is 4.99. The molecule has 5 heteroatoms. The molecule has 0 aliphatic carbocycles. The summed E-state index contributed by atoms with van der Waals surface area (Å²) in [6.07, 6.45) is 0. The Hall–Kier alpha value is -1.07. The zero-order valence-corrected chi connectivity index (χ0v) is 11.6. The number of halogens is 2. The number of benzene rings is 1. The second-order valence-electron chi connectivity index (χ2n) is 3.46. The first-order valence-corrected chi connectivity index (χ1v) is 6.66. The van der Waals surface area contributed by atoms with Crippen molar-refractivity contribution in [2.24, 2.45) is 0 Å². The predicted molar refractivity (Wildman–Crippen MR) is 72.3 cm³/mol. The van der Waals surface area contributed by atoms with E-state index in [0.29, 0.717) is 6.54 Å². The minimum absolute atomic E-state index is 0.258. The molecule has 0 atom stereocenters. The average Bonchev–Trinajstić information content (AvgIpc) is 2.73. The molecular weight excluding hydrogens is 305 g/mol. The van der Waals surface area contributed by atoms with Gasteiger partial charge in [0.25, 0.3) is 0 Å². The molecule has 2 aromatic rings. The maximum Gasteiger partial charge on any atom is 0.167 e. The molecule has 1 N–H and O–H groups in total. The maximum atomic E-state index is 13.4. The van der Waals surface area contributed by atoms with Gasteiger partial charge in [-0.3, -0.25) is 0 Å². The molecule has 1 heterocycles. The van der Waals surface area contributed by atoms with Gasteiger partial charge in [-0.05, 0) is 45.1 Å². The number of anilines is 1. The number of rotatable bonds is 4. The molecule has 0 aliphatic rings. The number of hydrogen-bond acceptors (Lipinski definition) is 3. The van der Waals surface area contributed by atoms with Crippen molar-refractivity contribution in [3.05, 3.63) is 44.8 Å². The summed E-state index contributed by atoms with van der Waals surface area (Å²) in [4.78, 5) is 0. The van der Waals surface area contributed by atoms with Gasteiger partial charge in [-0.15, -0.1) is 11.3 Å². The second-order valence-corrected chi connectivity index (χ2v) is 5.75. The molecule has 0 spiro atoms. The quantitative estimate of drug-likeness (QED) is 0.909. The van der Waals surface area contributed by atoms with E-state index in [2.05, 4.69) is 26.6 Å².